The molecule has 0 atom stereocenters. The number of benzene rings is 1. The number of nitrogens with one attached hydrogen (secondary N) is 2. The van der Waals surface area contributed by atoms with Crippen LogP contribution in [0.25, 0.3) is 0 Å². The molecule has 0 unspecified atom stereocenters. The Morgan fingerprint density at radius 3 is 2.29 bits per heavy atom. The predicted molar refractivity (Wildman–Crippen MR) is 98.6 cm³/mol. The topological polar surface area (TPSA) is 75.3 Å². The molecule has 0 heterocycles. The normalized spacial score (nSPS) is 15.0. The van der Waals surface area contributed by atoms with Gasteiger partial charge in [-0.2, -0.15) is 0 Å². The largest absolute Gasteiger partial charge is 0.351 e. The van der Waals surface area contributed by atoms with Crippen LogP contribution in [0, 0.1) is 0 Å². The van der Waals surface area contributed by atoms with Crippen LogP contribution in [0.15, 0.2) is 29.2 Å². The molecule has 1 saturated carbocycles. The van der Waals surface area contributed by atoms with Gasteiger partial charge in [0.1, 0.15) is 0 Å². The lowest BCUT2D eigenvalue weighted by molar-refractivity contribution is 0.0954. The van der Waals surface area contributed by atoms with Crippen molar-refractivity contribution in [3.8, 4) is 0 Å². The van der Waals surface area contributed by atoms with Crippen LogP contribution in [0.4, 0.5) is 0 Å². The molecule has 136 valence electrons. The molecule has 2 N–H and O–H groups in total. The van der Waals surface area contributed by atoms with Gasteiger partial charge < -0.3 is 10.6 Å². The number of halogens is 1. The number of hydrogen-bond donors (Lipinski definition) is 2. The summed E-state index contributed by atoms with van der Waals surface area (Å²) in [5.41, 5.74) is 0.492. The first-order valence-corrected chi connectivity index (χ1v) is 9.93. The average Bonchev–Trinajstić information content (AvgIpc) is 3.10. The molecule has 7 heteroatoms. The minimum atomic E-state index is -3.25. The highest BCUT2D eigenvalue weighted by Gasteiger charge is 2.30. The van der Waals surface area contributed by atoms with E-state index in [4.69, 9.17) is 0 Å². The van der Waals surface area contributed by atoms with Gasteiger partial charge in [0.2, 0.25) is 0 Å². The summed E-state index contributed by atoms with van der Waals surface area (Å²) < 4.78 is 25.0. The molecule has 1 fully saturated rings. The summed E-state index contributed by atoms with van der Waals surface area (Å²) in [5.74, 6) is -0.173. The van der Waals surface area contributed by atoms with E-state index in [1.807, 2.05) is 0 Å². The fraction of sp³-hybridized carbons (Fsp3) is 0.588. The molecule has 0 bridgehead atoms. The van der Waals surface area contributed by atoms with Crippen LogP contribution in [-0.2, 0) is 9.84 Å². The highest BCUT2D eigenvalue weighted by atomic mass is 35.5. The molecular weight excluding hydrogens is 348 g/mol. The predicted octanol–water partition coefficient (Wildman–Crippen LogP) is 2.55. The molecule has 0 radical (unpaired) electrons. The maximum absolute atomic E-state index is 12.5. The molecule has 24 heavy (non-hydrogen) atoms. The Morgan fingerprint density at radius 2 is 1.71 bits per heavy atom. The van der Waals surface area contributed by atoms with Crippen molar-refractivity contribution in [2.24, 2.45) is 0 Å². The lowest BCUT2D eigenvalue weighted by Crippen LogP contribution is -2.32. The molecule has 1 aromatic rings. The highest BCUT2D eigenvalue weighted by Crippen LogP contribution is 2.29. The van der Waals surface area contributed by atoms with Crippen molar-refractivity contribution in [1.29, 1.82) is 0 Å². The summed E-state index contributed by atoms with van der Waals surface area (Å²) in [4.78, 5) is 12.3. The van der Waals surface area contributed by atoms with Gasteiger partial charge in [0.25, 0.3) is 5.91 Å². The third-order valence-electron chi connectivity index (χ3n) is 4.20. The summed E-state index contributed by atoms with van der Waals surface area (Å²) >= 11 is 0. The van der Waals surface area contributed by atoms with E-state index in [1.54, 1.807) is 24.3 Å². The Labute approximate surface area is 150 Å². The average molecular weight is 375 g/mol. The first-order chi connectivity index (χ1) is 11.1. The number of sulfone groups is 1. The van der Waals surface area contributed by atoms with Gasteiger partial charge in [-0.15, -0.1) is 12.4 Å². The second-order valence-electron chi connectivity index (χ2n) is 5.98. The number of rotatable bonds is 8. The fourth-order valence-corrected chi connectivity index (χ4v) is 4.71. The monoisotopic (exact) mass is 374 g/mol. The number of hydrogen-bond acceptors (Lipinski definition) is 4. The van der Waals surface area contributed by atoms with E-state index in [2.05, 4.69) is 17.6 Å². The van der Waals surface area contributed by atoms with Crippen molar-refractivity contribution in [2.75, 3.05) is 19.6 Å². The molecule has 2 rings (SSSR count). The van der Waals surface area contributed by atoms with E-state index in [-0.39, 0.29) is 23.6 Å². The molecule has 1 aliphatic rings. The molecule has 1 aliphatic carbocycles. The lowest BCUT2D eigenvalue weighted by atomic mass is 10.2. The van der Waals surface area contributed by atoms with E-state index < -0.39 is 9.84 Å². The molecular formula is C17H27ClN2O3S. The van der Waals surface area contributed by atoms with Gasteiger partial charge in [0.15, 0.2) is 9.84 Å². The summed E-state index contributed by atoms with van der Waals surface area (Å²) in [6.45, 7) is 4.31. The van der Waals surface area contributed by atoms with Crippen molar-refractivity contribution >= 4 is 28.2 Å². The minimum Gasteiger partial charge on any atom is -0.351 e. The standard InChI is InChI=1S/C17H26N2O3S.ClH/c1-2-11-18-12-13-19-17(20)14-7-9-16(10-8-14)23(21,22)15-5-3-4-6-15;/h7-10,15,18H,2-6,11-13H2,1H3,(H,19,20);1H. The van der Waals surface area contributed by atoms with E-state index in [9.17, 15) is 13.2 Å². The highest BCUT2D eigenvalue weighted by molar-refractivity contribution is 7.92. The van der Waals surface area contributed by atoms with Crippen molar-refractivity contribution in [3.05, 3.63) is 29.8 Å². The van der Waals surface area contributed by atoms with Crippen LogP contribution in [0.2, 0.25) is 0 Å². The van der Waals surface area contributed by atoms with Gasteiger partial charge in [-0.1, -0.05) is 19.8 Å². The van der Waals surface area contributed by atoms with E-state index >= 15 is 0 Å². The summed E-state index contributed by atoms with van der Waals surface area (Å²) in [6.07, 6.45) is 4.52. The van der Waals surface area contributed by atoms with Gasteiger partial charge in [-0.25, -0.2) is 8.42 Å². The molecule has 0 saturated heterocycles. The number of carbonyl (C=O) groups is 1. The zero-order valence-corrected chi connectivity index (χ0v) is 15.7. The smallest absolute Gasteiger partial charge is 0.251 e. The Bertz CT molecular complexity index is 611. The maximum Gasteiger partial charge on any atom is 0.251 e. The van der Waals surface area contributed by atoms with Crippen LogP contribution < -0.4 is 10.6 Å². The quantitative estimate of drug-likeness (QED) is 0.686. The van der Waals surface area contributed by atoms with Crippen molar-refractivity contribution in [2.45, 2.75) is 49.2 Å². The third-order valence-corrected chi connectivity index (χ3v) is 6.48. The van der Waals surface area contributed by atoms with Crippen LogP contribution in [0.1, 0.15) is 49.4 Å². The molecule has 5 nitrogen and oxygen atoms in total. The van der Waals surface area contributed by atoms with Gasteiger partial charge in [-0.3, -0.25) is 4.79 Å². The van der Waals surface area contributed by atoms with Gasteiger partial charge in [-0.05, 0) is 50.1 Å². The first kappa shape index (κ1) is 20.9. The van der Waals surface area contributed by atoms with Crippen LogP contribution in [0.3, 0.4) is 0 Å². The maximum atomic E-state index is 12.5. The lowest BCUT2D eigenvalue weighted by Gasteiger charge is -2.11. The SMILES string of the molecule is CCCNCCNC(=O)c1ccc(S(=O)(=O)C2CCCC2)cc1.Cl. The van der Waals surface area contributed by atoms with Crippen LogP contribution in [0.5, 0.6) is 0 Å². The summed E-state index contributed by atoms with van der Waals surface area (Å²) in [7, 11) is -3.25. The third kappa shape index (κ3) is 5.46. The van der Waals surface area contributed by atoms with Crippen LogP contribution >= 0.6 is 12.4 Å². The molecule has 0 aliphatic heterocycles. The second-order valence-corrected chi connectivity index (χ2v) is 8.21. The minimum absolute atomic E-state index is 0. The number of amides is 1. The van der Waals surface area contributed by atoms with Crippen molar-refractivity contribution in [1.82, 2.24) is 10.6 Å². The van der Waals surface area contributed by atoms with Gasteiger partial charge in [0, 0.05) is 18.7 Å². The second kappa shape index (κ2) is 10.0. The Kier molecular flexibility index (Phi) is 8.73. The van der Waals surface area contributed by atoms with E-state index in [1.165, 1.54) is 0 Å². The summed E-state index contributed by atoms with van der Waals surface area (Å²) in [6, 6.07) is 6.29. The van der Waals surface area contributed by atoms with Crippen molar-refractivity contribution < 1.29 is 13.2 Å². The van der Waals surface area contributed by atoms with Crippen LogP contribution in [-0.4, -0.2) is 39.2 Å². The van der Waals surface area contributed by atoms with Crippen molar-refractivity contribution in [3.63, 3.8) is 0 Å². The molecule has 0 spiro atoms. The zero-order chi connectivity index (χ0) is 16.7. The molecule has 0 aromatic heterocycles. The molecule has 1 amide bonds. The Hall–Kier alpha value is -1.11. The van der Waals surface area contributed by atoms with E-state index in [0.717, 1.165) is 45.2 Å². The first-order valence-electron chi connectivity index (χ1n) is 8.38. The summed E-state index contributed by atoms with van der Waals surface area (Å²) in [5, 5.41) is 5.77. The van der Waals surface area contributed by atoms with Gasteiger partial charge in [0.05, 0.1) is 10.1 Å². The Morgan fingerprint density at radius 1 is 1.08 bits per heavy atom. The Balaban J connectivity index is 0.00000288. The zero-order valence-electron chi connectivity index (χ0n) is 14.1. The van der Waals surface area contributed by atoms with E-state index in [0.29, 0.717) is 17.0 Å². The molecule has 1 aromatic carbocycles. The van der Waals surface area contributed by atoms with Gasteiger partial charge >= 0.3 is 0 Å². The fourth-order valence-electron chi connectivity index (χ4n) is 2.86. The number of carbonyl (C=O) groups excluding carboxylic acids is 1.